The molecule has 2 aromatic rings. The minimum absolute atomic E-state index is 0.0845. The van der Waals surface area contributed by atoms with Gasteiger partial charge in [-0.15, -0.1) is 0 Å². The van der Waals surface area contributed by atoms with Crippen LogP contribution in [-0.2, 0) is 10.3 Å². The van der Waals surface area contributed by atoms with Crippen molar-refractivity contribution in [1.82, 2.24) is 5.32 Å². The number of amides is 1. The SMILES string of the molecule is COc1cccc(C(C)(CC(=O)O)NC(=O)c2cc(C)cc([N+](=O)[O-])c2)c1. The second-order valence-corrected chi connectivity index (χ2v) is 6.40. The summed E-state index contributed by atoms with van der Waals surface area (Å²) in [7, 11) is 1.48. The van der Waals surface area contributed by atoms with Crippen molar-refractivity contribution in [2.75, 3.05) is 7.11 Å². The molecular formula is C19H20N2O6. The number of nitro groups is 1. The Morgan fingerprint density at radius 1 is 1.26 bits per heavy atom. The first-order valence-corrected chi connectivity index (χ1v) is 8.09. The number of aliphatic carboxylic acids is 1. The molecule has 0 heterocycles. The molecule has 0 saturated carbocycles. The number of ether oxygens (including phenoxy) is 1. The molecule has 0 saturated heterocycles. The van der Waals surface area contributed by atoms with Crippen LogP contribution in [0.25, 0.3) is 0 Å². The molecule has 0 radical (unpaired) electrons. The average Bonchev–Trinajstić information content (AvgIpc) is 2.60. The molecule has 1 unspecified atom stereocenters. The fraction of sp³-hybridized carbons (Fsp3) is 0.263. The van der Waals surface area contributed by atoms with Gasteiger partial charge in [0.15, 0.2) is 0 Å². The van der Waals surface area contributed by atoms with E-state index in [0.29, 0.717) is 16.9 Å². The maximum Gasteiger partial charge on any atom is 0.306 e. The van der Waals surface area contributed by atoms with E-state index in [0.717, 1.165) is 6.07 Å². The van der Waals surface area contributed by atoms with Crippen molar-refractivity contribution in [3.05, 3.63) is 69.3 Å². The first-order valence-electron chi connectivity index (χ1n) is 8.09. The van der Waals surface area contributed by atoms with E-state index >= 15 is 0 Å². The number of nitrogens with zero attached hydrogens (tertiary/aromatic N) is 1. The molecule has 8 heteroatoms. The van der Waals surface area contributed by atoms with Crippen LogP contribution in [0.2, 0.25) is 0 Å². The molecule has 0 aliphatic carbocycles. The van der Waals surface area contributed by atoms with Crippen molar-refractivity contribution < 1.29 is 24.4 Å². The van der Waals surface area contributed by atoms with Crippen molar-refractivity contribution in [3.63, 3.8) is 0 Å². The minimum atomic E-state index is -1.24. The van der Waals surface area contributed by atoms with Crippen LogP contribution in [-0.4, -0.2) is 29.0 Å². The highest BCUT2D eigenvalue weighted by molar-refractivity contribution is 5.96. The monoisotopic (exact) mass is 372 g/mol. The lowest BCUT2D eigenvalue weighted by Crippen LogP contribution is -2.45. The van der Waals surface area contributed by atoms with Crippen LogP contribution in [0.1, 0.15) is 34.8 Å². The molecule has 8 nitrogen and oxygen atoms in total. The van der Waals surface area contributed by atoms with Crippen LogP contribution in [0.3, 0.4) is 0 Å². The predicted molar refractivity (Wildman–Crippen MR) is 97.9 cm³/mol. The van der Waals surface area contributed by atoms with Crippen LogP contribution in [0, 0.1) is 17.0 Å². The van der Waals surface area contributed by atoms with Crippen molar-refractivity contribution in [1.29, 1.82) is 0 Å². The van der Waals surface area contributed by atoms with E-state index in [9.17, 15) is 24.8 Å². The molecule has 1 atom stereocenters. The summed E-state index contributed by atoms with van der Waals surface area (Å²) in [4.78, 5) is 34.6. The molecular weight excluding hydrogens is 352 g/mol. The molecule has 0 aromatic heterocycles. The third-order valence-electron chi connectivity index (χ3n) is 4.14. The number of non-ortho nitro benzene ring substituents is 1. The number of rotatable bonds is 7. The zero-order chi connectivity index (χ0) is 20.2. The zero-order valence-electron chi connectivity index (χ0n) is 15.2. The molecule has 2 rings (SSSR count). The number of carboxylic acids is 1. The van der Waals surface area contributed by atoms with Gasteiger partial charge >= 0.3 is 5.97 Å². The molecule has 142 valence electrons. The van der Waals surface area contributed by atoms with Gasteiger partial charge < -0.3 is 15.2 Å². The lowest BCUT2D eigenvalue weighted by molar-refractivity contribution is -0.384. The van der Waals surface area contributed by atoms with Gasteiger partial charge in [0.1, 0.15) is 5.75 Å². The topological polar surface area (TPSA) is 119 Å². The molecule has 0 fully saturated rings. The number of benzene rings is 2. The van der Waals surface area contributed by atoms with Crippen LogP contribution in [0.15, 0.2) is 42.5 Å². The van der Waals surface area contributed by atoms with Crippen molar-refractivity contribution in [2.45, 2.75) is 25.8 Å². The number of carbonyl (C=O) groups excluding carboxylic acids is 1. The van der Waals surface area contributed by atoms with Crippen LogP contribution in [0.4, 0.5) is 5.69 Å². The number of methoxy groups -OCH3 is 1. The van der Waals surface area contributed by atoms with E-state index in [1.54, 1.807) is 38.1 Å². The Labute approximate surface area is 155 Å². The van der Waals surface area contributed by atoms with E-state index in [1.807, 2.05) is 0 Å². The van der Waals surface area contributed by atoms with Gasteiger partial charge in [-0.25, -0.2) is 0 Å². The van der Waals surface area contributed by atoms with Crippen molar-refractivity contribution in [3.8, 4) is 5.75 Å². The predicted octanol–water partition coefficient (Wildman–Crippen LogP) is 3.03. The fourth-order valence-electron chi connectivity index (χ4n) is 2.81. The first-order chi connectivity index (χ1) is 12.6. The van der Waals surface area contributed by atoms with Crippen LogP contribution < -0.4 is 10.1 Å². The van der Waals surface area contributed by atoms with Gasteiger partial charge in [0.25, 0.3) is 11.6 Å². The number of carbonyl (C=O) groups is 2. The van der Waals surface area contributed by atoms with Crippen LogP contribution >= 0.6 is 0 Å². The van der Waals surface area contributed by atoms with Gasteiger partial charge in [-0.05, 0) is 43.2 Å². The summed E-state index contributed by atoms with van der Waals surface area (Å²) >= 11 is 0. The maximum absolute atomic E-state index is 12.7. The summed E-state index contributed by atoms with van der Waals surface area (Å²) in [5.41, 5.74) is -0.270. The number of hydrogen-bond donors (Lipinski definition) is 2. The molecule has 0 aliphatic rings. The maximum atomic E-state index is 12.7. The average molecular weight is 372 g/mol. The zero-order valence-corrected chi connectivity index (χ0v) is 15.2. The second kappa shape index (κ2) is 7.86. The summed E-state index contributed by atoms with van der Waals surface area (Å²) in [6.45, 7) is 3.22. The Hall–Kier alpha value is -3.42. The minimum Gasteiger partial charge on any atom is -0.497 e. The van der Waals surface area contributed by atoms with E-state index < -0.39 is 22.3 Å². The number of nitrogens with one attached hydrogen (secondary N) is 1. The summed E-state index contributed by atoms with van der Waals surface area (Å²) in [5.74, 6) is -1.19. The van der Waals surface area contributed by atoms with Crippen molar-refractivity contribution in [2.24, 2.45) is 0 Å². The van der Waals surface area contributed by atoms with Crippen molar-refractivity contribution >= 4 is 17.6 Å². The van der Waals surface area contributed by atoms with Gasteiger partial charge in [0, 0.05) is 17.7 Å². The lowest BCUT2D eigenvalue weighted by Gasteiger charge is -2.30. The highest BCUT2D eigenvalue weighted by atomic mass is 16.6. The third-order valence-corrected chi connectivity index (χ3v) is 4.14. The largest absolute Gasteiger partial charge is 0.497 e. The van der Waals surface area contributed by atoms with E-state index in [4.69, 9.17) is 4.74 Å². The smallest absolute Gasteiger partial charge is 0.306 e. The normalized spacial score (nSPS) is 12.7. The van der Waals surface area contributed by atoms with Gasteiger partial charge in [-0.3, -0.25) is 19.7 Å². The highest BCUT2D eigenvalue weighted by Crippen LogP contribution is 2.29. The van der Waals surface area contributed by atoms with E-state index in [-0.39, 0.29) is 17.7 Å². The quantitative estimate of drug-likeness (QED) is 0.569. The third kappa shape index (κ3) is 4.81. The summed E-state index contributed by atoms with van der Waals surface area (Å²) in [6, 6.07) is 10.8. The Kier molecular flexibility index (Phi) is 5.79. The Morgan fingerprint density at radius 2 is 1.96 bits per heavy atom. The molecule has 0 aliphatic heterocycles. The van der Waals surface area contributed by atoms with Gasteiger partial charge in [0.05, 0.1) is 24.0 Å². The van der Waals surface area contributed by atoms with Gasteiger partial charge in [-0.2, -0.15) is 0 Å². The number of nitro benzene ring substituents is 1. The summed E-state index contributed by atoms with van der Waals surface area (Å²) < 4.78 is 5.17. The Bertz CT molecular complexity index is 896. The molecule has 2 N–H and O–H groups in total. The number of aryl methyl sites for hydroxylation is 1. The molecule has 0 spiro atoms. The van der Waals surface area contributed by atoms with Gasteiger partial charge in [0.2, 0.25) is 0 Å². The number of hydrogen-bond acceptors (Lipinski definition) is 5. The first kappa shape index (κ1) is 19.9. The lowest BCUT2D eigenvalue weighted by atomic mass is 9.88. The summed E-state index contributed by atoms with van der Waals surface area (Å²) in [5, 5.41) is 23.0. The van der Waals surface area contributed by atoms with E-state index in [1.165, 1.54) is 19.2 Å². The Morgan fingerprint density at radius 3 is 2.56 bits per heavy atom. The molecule has 0 bridgehead atoms. The molecule has 1 amide bonds. The number of carboxylic acid groups (broad SMARTS) is 1. The second-order valence-electron chi connectivity index (χ2n) is 6.40. The Balaban J connectivity index is 2.42. The van der Waals surface area contributed by atoms with E-state index in [2.05, 4.69) is 5.32 Å². The van der Waals surface area contributed by atoms with Gasteiger partial charge in [-0.1, -0.05) is 12.1 Å². The highest BCUT2D eigenvalue weighted by Gasteiger charge is 2.32. The summed E-state index contributed by atoms with van der Waals surface area (Å²) in [6.07, 6.45) is -0.375. The molecule has 2 aromatic carbocycles. The van der Waals surface area contributed by atoms with Crippen LogP contribution in [0.5, 0.6) is 5.75 Å². The fourth-order valence-corrected chi connectivity index (χ4v) is 2.81. The standard InChI is InChI=1S/C19H20N2O6/c1-12-7-13(9-15(8-12)21(25)26)18(24)20-19(2,11-17(22)23)14-5-4-6-16(10-14)27-3/h4-10H,11H2,1-3H3,(H,20,24)(H,22,23). The molecule has 27 heavy (non-hydrogen) atoms.